The first kappa shape index (κ1) is 13.3. The monoisotopic (exact) mass is 291 g/mol. The quantitative estimate of drug-likeness (QED) is 0.785. The number of hydrogen-bond acceptors (Lipinski definition) is 3. The van der Waals surface area contributed by atoms with E-state index in [1.807, 2.05) is 0 Å². The lowest BCUT2D eigenvalue weighted by molar-refractivity contribution is 0.0770. The molecule has 2 rings (SSSR count). The highest BCUT2D eigenvalue weighted by atomic mass is 35.5. The van der Waals surface area contributed by atoms with Gasteiger partial charge in [0, 0.05) is 23.7 Å². The van der Waals surface area contributed by atoms with Crippen LogP contribution in [0.5, 0.6) is 0 Å². The van der Waals surface area contributed by atoms with Crippen molar-refractivity contribution in [2.24, 2.45) is 0 Å². The summed E-state index contributed by atoms with van der Waals surface area (Å²) >= 11 is 5.67. The number of carbonyl (C=O) groups excluding carboxylic acids is 1. The summed E-state index contributed by atoms with van der Waals surface area (Å²) in [7, 11) is -3.04. The normalized spacial score (nSPS) is 18.7. The van der Waals surface area contributed by atoms with Crippen LogP contribution in [0, 0.1) is 5.82 Å². The summed E-state index contributed by atoms with van der Waals surface area (Å²) in [6.07, 6.45) is 0. The molecule has 1 fully saturated rings. The lowest BCUT2D eigenvalue weighted by Gasteiger charge is -2.26. The zero-order chi connectivity index (χ0) is 13.3. The first-order chi connectivity index (χ1) is 8.37. The minimum Gasteiger partial charge on any atom is -0.337 e. The highest BCUT2D eigenvalue weighted by Crippen LogP contribution is 2.17. The predicted octanol–water partition coefficient (Wildman–Crippen LogP) is 1.35. The third-order valence-electron chi connectivity index (χ3n) is 2.74. The molecule has 7 heteroatoms. The van der Waals surface area contributed by atoms with Crippen LogP contribution < -0.4 is 0 Å². The maximum absolute atomic E-state index is 13.1. The van der Waals surface area contributed by atoms with Crippen LogP contribution in [0.2, 0.25) is 5.02 Å². The number of carbonyl (C=O) groups is 1. The molecule has 0 bridgehead atoms. The van der Waals surface area contributed by atoms with E-state index in [1.54, 1.807) is 0 Å². The van der Waals surface area contributed by atoms with E-state index in [0.29, 0.717) is 0 Å². The summed E-state index contributed by atoms with van der Waals surface area (Å²) in [5.41, 5.74) is 0.138. The van der Waals surface area contributed by atoms with Crippen molar-refractivity contribution in [3.63, 3.8) is 0 Å². The SMILES string of the molecule is O=C(c1cc(F)cc(Cl)c1)N1CCS(=O)(=O)CC1. The van der Waals surface area contributed by atoms with Crippen molar-refractivity contribution in [2.45, 2.75) is 0 Å². The second-order valence-electron chi connectivity index (χ2n) is 4.10. The van der Waals surface area contributed by atoms with Crippen molar-refractivity contribution in [3.8, 4) is 0 Å². The van der Waals surface area contributed by atoms with Crippen molar-refractivity contribution in [3.05, 3.63) is 34.6 Å². The van der Waals surface area contributed by atoms with Gasteiger partial charge < -0.3 is 4.90 Å². The smallest absolute Gasteiger partial charge is 0.254 e. The Hall–Kier alpha value is -1.14. The van der Waals surface area contributed by atoms with Crippen LogP contribution in [0.15, 0.2) is 18.2 Å². The number of sulfone groups is 1. The molecule has 0 spiro atoms. The molecular weight excluding hydrogens is 281 g/mol. The molecule has 1 amide bonds. The van der Waals surface area contributed by atoms with E-state index in [0.717, 1.165) is 12.1 Å². The number of amides is 1. The van der Waals surface area contributed by atoms with E-state index < -0.39 is 21.6 Å². The van der Waals surface area contributed by atoms with Gasteiger partial charge in [-0.15, -0.1) is 0 Å². The lowest BCUT2D eigenvalue weighted by atomic mass is 10.2. The van der Waals surface area contributed by atoms with Gasteiger partial charge in [-0.05, 0) is 18.2 Å². The lowest BCUT2D eigenvalue weighted by Crippen LogP contribution is -2.43. The Morgan fingerprint density at radius 2 is 1.83 bits per heavy atom. The van der Waals surface area contributed by atoms with E-state index in [-0.39, 0.29) is 35.2 Å². The van der Waals surface area contributed by atoms with Crippen LogP contribution in [-0.2, 0) is 9.84 Å². The molecule has 0 unspecified atom stereocenters. The molecule has 1 saturated heterocycles. The van der Waals surface area contributed by atoms with Gasteiger partial charge in [-0.25, -0.2) is 12.8 Å². The van der Waals surface area contributed by atoms with E-state index in [1.165, 1.54) is 11.0 Å². The second kappa shape index (κ2) is 4.85. The molecule has 1 aromatic carbocycles. The molecule has 0 atom stereocenters. The van der Waals surface area contributed by atoms with Crippen molar-refractivity contribution < 1.29 is 17.6 Å². The van der Waals surface area contributed by atoms with Gasteiger partial charge in [0.2, 0.25) is 0 Å². The fourth-order valence-corrected chi connectivity index (χ4v) is 3.20. The maximum Gasteiger partial charge on any atom is 0.254 e. The maximum atomic E-state index is 13.1. The fourth-order valence-electron chi connectivity index (χ4n) is 1.78. The van der Waals surface area contributed by atoms with Gasteiger partial charge in [0.25, 0.3) is 5.91 Å². The number of rotatable bonds is 1. The summed E-state index contributed by atoms with van der Waals surface area (Å²) in [5.74, 6) is -1.09. The van der Waals surface area contributed by atoms with E-state index in [2.05, 4.69) is 0 Å². The molecule has 18 heavy (non-hydrogen) atoms. The number of benzene rings is 1. The molecule has 0 aliphatic carbocycles. The second-order valence-corrected chi connectivity index (χ2v) is 6.84. The van der Waals surface area contributed by atoms with E-state index in [4.69, 9.17) is 11.6 Å². The third-order valence-corrected chi connectivity index (χ3v) is 4.57. The average molecular weight is 292 g/mol. The van der Waals surface area contributed by atoms with E-state index >= 15 is 0 Å². The number of hydrogen-bond donors (Lipinski definition) is 0. The van der Waals surface area contributed by atoms with Gasteiger partial charge in [-0.2, -0.15) is 0 Å². The number of halogens is 2. The van der Waals surface area contributed by atoms with Crippen molar-refractivity contribution in [1.29, 1.82) is 0 Å². The van der Waals surface area contributed by atoms with Crippen LogP contribution in [0.25, 0.3) is 0 Å². The number of nitrogens with zero attached hydrogens (tertiary/aromatic N) is 1. The highest BCUT2D eigenvalue weighted by Gasteiger charge is 2.26. The summed E-state index contributed by atoms with van der Waals surface area (Å²) in [4.78, 5) is 13.4. The van der Waals surface area contributed by atoms with Crippen LogP contribution in [-0.4, -0.2) is 43.8 Å². The summed E-state index contributed by atoms with van der Waals surface area (Å²) in [5, 5.41) is 0.142. The van der Waals surface area contributed by atoms with Gasteiger partial charge in [-0.3, -0.25) is 4.79 Å². The average Bonchev–Trinajstić information content (AvgIpc) is 2.27. The zero-order valence-electron chi connectivity index (χ0n) is 9.40. The Labute approximate surface area is 109 Å². The molecule has 98 valence electrons. The van der Waals surface area contributed by atoms with Crippen molar-refractivity contribution in [1.82, 2.24) is 4.90 Å². The topological polar surface area (TPSA) is 54.5 Å². The fraction of sp³-hybridized carbons (Fsp3) is 0.364. The Kier molecular flexibility index (Phi) is 3.59. The van der Waals surface area contributed by atoms with E-state index in [9.17, 15) is 17.6 Å². The largest absolute Gasteiger partial charge is 0.337 e. The minimum atomic E-state index is -3.04. The molecule has 0 radical (unpaired) electrons. The molecule has 4 nitrogen and oxygen atoms in total. The van der Waals surface area contributed by atoms with Crippen LogP contribution in [0.1, 0.15) is 10.4 Å². The van der Waals surface area contributed by atoms with Crippen LogP contribution >= 0.6 is 11.6 Å². The van der Waals surface area contributed by atoms with Gasteiger partial charge in [0.05, 0.1) is 11.5 Å². The molecule has 1 aliphatic rings. The summed E-state index contributed by atoms with van der Waals surface area (Å²) in [6.45, 7) is 0.268. The zero-order valence-corrected chi connectivity index (χ0v) is 11.0. The van der Waals surface area contributed by atoms with Gasteiger partial charge >= 0.3 is 0 Å². The minimum absolute atomic E-state index is 0.0538. The Morgan fingerprint density at radius 3 is 2.39 bits per heavy atom. The standard InChI is InChI=1S/C11H11ClFNO3S/c12-9-5-8(6-10(13)7-9)11(15)14-1-3-18(16,17)4-2-14/h5-7H,1-4H2. The molecular formula is C11H11ClFNO3S. The first-order valence-corrected chi connectivity index (χ1v) is 7.53. The van der Waals surface area contributed by atoms with Gasteiger partial charge in [0.15, 0.2) is 9.84 Å². The van der Waals surface area contributed by atoms with Crippen LogP contribution in [0.4, 0.5) is 4.39 Å². The molecule has 1 heterocycles. The summed E-state index contributed by atoms with van der Waals surface area (Å²) < 4.78 is 35.6. The molecule has 0 N–H and O–H groups in total. The molecule has 0 saturated carbocycles. The van der Waals surface area contributed by atoms with Crippen LogP contribution in [0.3, 0.4) is 0 Å². The first-order valence-electron chi connectivity index (χ1n) is 5.33. The third kappa shape index (κ3) is 3.00. The Balaban J connectivity index is 2.17. The van der Waals surface area contributed by atoms with Crippen molar-refractivity contribution >= 4 is 27.3 Å². The molecule has 1 aliphatic heterocycles. The van der Waals surface area contributed by atoms with Gasteiger partial charge in [0.1, 0.15) is 5.82 Å². The highest BCUT2D eigenvalue weighted by molar-refractivity contribution is 7.91. The van der Waals surface area contributed by atoms with Gasteiger partial charge in [-0.1, -0.05) is 11.6 Å². The molecule has 0 aromatic heterocycles. The predicted molar refractivity (Wildman–Crippen MR) is 66.0 cm³/mol. The molecule has 1 aromatic rings. The van der Waals surface area contributed by atoms with Crippen molar-refractivity contribution in [2.75, 3.05) is 24.6 Å². The Morgan fingerprint density at radius 1 is 1.22 bits per heavy atom. The summed E-state index contributed by atoms with van der Waals surface area (Å²) in [6, 6.07) is 3.58. The Bertz CT molecular complexity index is 554.